The van der Waals surface area contributed by atoms with E-state index < -0.39 is 0 Å². The van der Waals surface area contributed by atoms with Crippen molar-refractivity contribution >= 4 is 22.7 Å². The number of hydrogen-bond acceptors (Lipinski definition) is 2. The van der Waals surface area contributed by atoms with Gasteiger partial charge in [0.05, 0.1) is 6.54 Å². The molecule has 0 atom stereocenters. The summed E-state index contributed by atoms with van der Waals surface area (Å²) in [5.74, 6) is 0.591. The Kier molecular flexibility index (Phi) is 8.84. The number of nitrogens with zero attached hydrogens (tertiary/aromatic N) is 2. The summed E-state index contributed by atoms with van der Waals surface area (Å²) in [6.45, 7) is 8.26. The van der Waals surface area contributed by atoms with Gasteiger partial charge in [0.15, 0.2) is 0 Å². The average Bonchev–Trinajstić information content (AvgIpc) is 3.30. The van der Waals surface area contributed by atoms with Crippen LogP contribution in [0.25, 0.3) is 10.9 Å². The summed E-state index contributed by atoms with van der Waals surface area (Å²) in [5, 5.41) is 1.20. The number of aryl methyl sites for hydroxylation is 1. The smallest absolute Gasteiger partial charge is 0.242 e. The van der Waals surface area contributed by atoms with E-state index in [4.69, 9.17) is 0 Å². The highest BCUT2D eigenvalue weighted by molar-refractivity contribution is 5.86. The standard InChI is InChI=1S/C31H41N3O2/c1-23(2)20-34(31(36)26-9-5-4-6-10-26)22-30(35)33(21-25-15-13-24(3)14-16-25)18-17-27-19-32-29-12-8-7-11-28(27)29/h7-8,11-16,19,23,26,32H,4-6,9-10,17-18,20-22H2,1-3H3. The second-order valence-electron chi connectivity index (χ2n) is 10.9. The molecule has 0 aliphatic heterocycles. The molecule has 1 saturated carbocycles. The minimum absolute atomic E-state index is 0.0280. The fraction of sp³-hybridized carbons (Fsp3) is 0.484. The van der Waals surface area contributed by atoms with Crippen LogP contribution in [0, 0.1) is 18.8 Å². The Morgan fingerprint density at radius 1 is 0.972 bits per heavy atom. The number of amides is 2. The van der Waals surface area contributed by atoms with Crippen molar-refractivity contribution in [3.05, 3.63) is 71.4 Å². The van der Waals surface area contributed by atoms with Crippen LogP contribution in [0.15, 0.2) is 54.7 Å². The maximum absolute atomic E-state index is 13.7. The number of hydrogen-bond donors (Lipinski definition) is 1. The van der Waals surface area contributed by atoms with Crippen LogP contribution in [-0.4, -0.2) is 46.2 Å². The highest BCUT2D eigenvalue weighted by Crippen LogP contribution is 2.26. The Hall–Kier alpha value is -3.08. The maximum Gasteiger partial charge on any atom is 0.242 e. The number of rotatable bonds is 10. The number of aromatic nitrogens is 1. The Morgan fingerprint density at radius 2 is 1.69 bits per heavy atom. The minimum atomic E-state index is 0.0280. The number of carbonyl (C=O) groups is 2. The number of para-hydroxylation sites is 1. The van der Waals surface area contributed by atoms with Crippen molar-refractivity contribution in [3.8, 4) is 0 Å². The lowest BCUT2D eigenvalue weighted by atomic mass is 9.88. The minimum Gasteiger partial charge on any atom is -0.361 e. The third kappa shape index (κ3) is 6.77. The van der Waals surface area contributed by atoms with Crippen molar-refractivity contribution in [2.75, 3.05) is 19.6 Å². The molecule has 192 valence electrons. The molecule has 0 unspecified atom stereocenters. The third-order valence-electron chi connectivity index (χ3n) is 7.35. The maximum atomic E-state index is 13.7. The zero-order valence-electron chi connectivity index (χ0n) is 22.1. The molecule has 5 heteroatoms. The highest BCUT2D eigenvalue weighted by atomic mass is 16.2. The quantitative estimate of drug-likeness (QED) is 0.375. The predicted octanol–water partition coefficient (Wildman–Crippen LogP) is 6.11. The van der Waals surface area contributed by atoms with E-state index in [1.165, 1.54) is 22.9 Å². The number of nitrogens with one attached hydrogen (secondary N) is 1. The number of carbonyl (C=O) groups excluding carboxylic acids is 2. The van der Waals surface area contributed by atoms with E-state index in [9.17, 15) is 9.59 Å². The summed E-state index contributed by atoms with van der Waals surface area (Å²) in [4.78, 5) is 34.3. The molecule has 1 N–H and O–H groups in total. The summed E-state index contributed by atoms with van der Waals surface area (Å²) in [5.41, 5.74) is 4.65. The van der Waals surface area contributed by atoms with Gasteiger partial charge in [-0.2, -0.15) is 0 Å². The first kappa shape index (κ1) is 26.0. The molecule has 1 heterocycles. The van der Waals surface area contributed by atoms with E-state index in [1.807, 2.05) is 15.9 Å². The van der Waals surface area contributed by atoms with Gasteiger partial charge < -0.3 is 14.8 Å². The van der Waals surface area contributed by atoms with E-state index >= 15 is 0 Å². The van der Waals surface area contributed by atoms with Gasteiger partial charge in [-0.25, -0.2) is 0 Å². The summed E-state index contributed by atoms with van der Waals surface area (Å²) in [7, 11) is 0. The van der Waals surface area contributed by atoms with Gasteiger partial charge in [0.2, 0.25) is 11.8 Å². The van der Waals surface area contributed by atoms with E-state index in [0.29, 0.717) is 25.6 Å². The normalized spacial score (nSPS) is 14.3. The molecule has 36 heavy (non-hydrogen) atoms. The van der Waals surface area contributed by atoms with Gasteiger partial charge in [-0.3, -0.25) is 9.59 Å². The highest BCUT2D eigenvalue weighted by Gasteiger charge is 2.29. The van der Waals surface area contributed by atoms with E-state index in [1.54, 1.807) is 0 Å². The number of H-pyrrole nitrogens is 1. The van der Waals surface area contributed by atoms with Crippen LogP contribution < -0.4 is 0 Å². The van der Waals surface area contributed by atoms with E-state index in [2.05, 4.69) is 74.4 Å². The van der Waals surface area contributed by atoms with Gasteiger partial charge in [0.25, 0.3) is 0 Å². The fourth-order valence-electron chi connectivity index (χ4n) is 5.34. The van der Waals surface area contributed by atoms with Crippen LogP contribution >= 0.6 is 0 Å². The largest absolute Gasteiger partial charge is 0.361 e. The number of fused-ring (bicyclic) bond motifs is 1. The lowest BCUT2D eigenvalue weighted by Gasteiger charge is -2.32. The molecule has 2 aromatic carbocycles. The van der Waals surface area contributed by atoms with Crippen LogP contribution in [0.4, 0.5) is 0 Å². The molecule has 1 fully saturated rings. The van der Waals surface area contributed by atoms with Crippen LogP contribution in [0.2, 0.25) is 0 Å². The lowest BCUT2D eigenvalue weighted by Crippen LogP contribution is -2.46. The van der Waals surface area contributed by atoms with Crippen LogP contribution in [0.3, 0.4) is 0 Å². The molecule has 5 nitrogen and oxygen atoms in total. The first-order chi connectivity index (χ1) is 17.4. The fourth-order valence-corrected chi connectivity index (χ4v) is 5.34. The lowest BCUT2D eigenvalue weighted by molar-refractivity contribution is -0.144. The second kappa shape index (κ2) is 12.2. The number of benzene rings is 2. The second-order valence-corrected chi connectivity index (χ2v) is 10.9. The summed E-state index contributed by atoms with van der Waals surface area (Å²) in [6.07, 6.45) is 8.17. The zero-order chi connectivity index (χ0) is 25.5. The summed E-state index contributed by atoms with van der Waals surface area (Å²) >= 11 is 0. The van der Waals surface area contributed by atoms with Crippen molar-refractivity contribution in [1.29, 1.82) is 0 Å². The van der Waals surface area contributed by atoms with Crippen molar-refractivity contribution in [1.82, 2.24) is 14.8 Å². The van der Waals surface area contributed by atoms with Crippen LogP contribution in [-0.2, 0) is 22.6 Å². The van der Waals surface area contributed by atoms with Crippen LogP contribution in [0.1, 0.15) is 62.6 Å². The van der Waals surface area contributed by atoms with Crippen LogP contribution in [0.5, 0.6) is 0 Å². The molecule has 2 amide bonds. The molecule has 1 aromatic heterocycles. The molecule has 1 aliphatic carbocycles. The third-order valence-corrected chi connectivity index (χ3v) is 7.35. The molecule has 4 rings (SSSR count). The van der Waals surface area contributed by atoms with Crippen molar-refractivity contribution in [3.63, 3.8) is 0 Å². The summed E-state index contributed by atoms with van der Waals surface area (Å²) < 4.78 is 0. The summed E-state index contributed by atoms with van der Waals surface area (Å²) in [6, 6.07) is 16.7. The SMILES string of the molecule is Cc1ccc(CN(CCc2c[nH]c3ccccc23)C(=O)CN(CC(C)C)C(=O)C2CCCCC2)cc1. The van der Waals surface area contributed by atoms with Gasteiger partial charge in [-0.1, -0.05) is 81.1 Å². The molecule has 1 aliphatic rings. The molecular weight excluding hydrogens is 446 g/mol. The Morgan fingerprint density at radius 3 is 2.42 bits per heavy atom. The van der Waals surface area contributed by atoms with Gasteiger partial charge in [0, 0.05) is 42.7 Å². The first-order valence-corrected chi connectivity index (χ1v) is 13.6. The monoisotopic (exact) mass is 487 g/mol. The molecule has 0 radical (unpaired) electrons. The van der Waals surface area contributed by atoms with E-state index in [0.717, 1.165) is 43.2 Å². The van der Waals surface area contributed by atoms with Crippen molar-refractivity contribution in [2.24, 2.45) is 11.8 Å². The predicted molar refractivity (Wildman–Crippen MR) is 147 cm³/mol. The molecule has 0 bridgehead atoms. The van der Waals surface area contributed by atoms with Gasteiger partial charge in [-0.15, -0.1) is 0 Å². The molecule has 3 aromatic rings. The number of aromatic amines is 1. The Bertz CT molecular complexity index is 1140. The van der Waals surface area contributed by atoms with Gasteiger partial charge in [0.1, 0.15) is 0 Å². The van der Waals surface area contributed by atoms with Gasteiger partial charge >= 0.3 is 0 Å². The first-order valence-electron chi connectivity index (χ1n) is 13.6. The topological polar surface area (TPSA) is 56.4 Å². The Labute approximate surface area is 215 Å². The van der Waals surface area contributed by atoms with E-state index in [-0.39, 0.29) is 24.3 Å². The van der Waals surface area contributed by atoms with Crippen molar-refractivity contribution in [2.45, 2.75) is 65.8 Å². The Balaban J connectivity index is 1.51. The average molecular weight is 488 g/mol. The van der Waals surface area contributed by atoms with Gasteiger partial charge in [-0.05, 0) is 49.3 Å². The van der Waals surface area contributed by atoms with Crippen molar-refractivity contribution < 1.29 is 9.59 Å². The zero-order valence-corrected chi connectivity index (χ0v) is 22.1. The molecule has 0 spiro atoms. The molecular formula is C31H41N3O2. The molecule has 0 saturated heterocycles.